The second-order valence-electron chi connectivity index (χ2n) is 10.4. The lowest BCUT2D eigenvalue weighted by molar-refractivity contribution is 0.264. The van der Waals surface area contributed by atoms with Gasteiger partial charge in [-0.2, -0.15) is 0 Å². The average Bonchev–Trinajstić information content (AvgIpc) is 3.44. The summed E-state index contributed by atoms with van der Waals surface area (Å²) in [7, 11) is 0. The summed E-state index contributed by atoms with van der Waals surface area (Å²) in [6.45, 7) is 8.08. The Bertz CT molecular complexity index is 998. The molecule has 0 radical (unpaired) electrons. The molecular formula is C28H39N5. The zero-order chi connectivity index (χ0) is 22.9. The van der Waals surface area contributed by atoms with Crippen molar-refractivity contribution in [3.05, 3.63) is 65.3 Å². The third-order valence-electron chi connectivity index (χ3n) is 8.02. The quantitative estimate of drug-likeness (QED) is 0.511. The van der Waals surface area contributed by atoms with Crippen LogP contribution in [-0.4, -0.2) is 29.0 Å². The van der Waals surface area contributed by atoms with Gasteiger partial charge in [0.2, 0.25) is 0 Å². The molecule has 3 unspecified atom stereocenters. The molecule has 0 amide bonds. The lowest BCUT2D eigenvalue weighted by Gasteiger charge is -2.34. The number of allylic oxidation sites excluding steroid dienone is 4. The van der Waals surface area contributed by atoms with Crippen molar-refractivity contribution in [3.8, 4) is 0 Å². The van der Waals surface area contributed by atoms with E-state index in [0.29, 0.717) is 5.92 Å². The number of nitrogens with zero attached hydrogens (tertiary/aromatic N) is 2. The number of piperidine rings is 1. The first kappa shape index (κ1) is 22.3. The van der Waals surface area contributed by atoms with Gasteiger partial charge in [-0.3, -0.25) is 0 Å². The highest BCUT2D eigenvalue weighted by Crippen LogP contribution is 2.52. The van der Waals surface area contributed by atoms with Gasteiger partial charge in [-0.1, -0.05) is 19.1 Å². The van der Waals surface area contributed by atoms with Crippen molar-refractivity contribution in [2.24, 2.45) is 17.6 Å². The number of pyridine rings is 1. The second kappa shape index (κ2) is 9.38. The van der Waals surface area contributed by atoms with Gasteiger partial charge in [0.15, 0.2) is 0 Å². The largest absolute Gasteiger partial charge is 0.397 e. The van der Waals surface area contributed by atoms with Crippen molar-refractivity contribution in [2.45, 2.75) is 70.3 Å². The van der Waals surface area contributed by atoms with Gasteiger partial charge in [0, 0.05) is 30.7 Å². The van der Waals surface area contributed by atoms with Crippen LogP contribution in [0.5, 0.6) is 0 Å². The Morgan fingerprint density at radius 1 is 1.21 bits per heavy atom. The summed E-state index contributed by atoms with van der Waals surface area (Å²) in [4.78, 5) is 7.58. The maximum Gasteiger partial charge on any atom is 0.110 e. The van der Waals surface area contributed by atoms with E-state index in [1.807, 2.05) is 6.08 Å². The molecule has 2 bridgehead atoms. The Morgan fingerprint density at radius 3 is 2.70 bits per heavy atom. The van der Waals surface area contributed by atoms with Gasteiger partial charge >= 0.3 is 0 Å². The summed E-state index contributed by atoms with van der Waals surface area (Å²) in [5, 5.41) is 3.74. The lowest BCUT2D eigenvalue weighted by Crippen LogP contribution is -2.42. The molecule has 3 aliphatic carbocycles. The molecule has 176 valence electrons. The smallest absolute Gasteiger partial charge is 0.110 e. The molecule has 33 heavy (non-hydrogen) atoms. The highest BCUT2D eigenvalue weighted by molar-refractivity contribution is 5.77. The van der Waals surface area contributed by atoms with Crippen LogP contribution in [0.15, 0.2) is 53.9 Å². The fourth-order valence-electron chi connectivity index (χ4n) is 6.23. The molecule has 1 aromatic heterocycles. The van der Waals surface area contributed by atoms with Crippen LogP contribution in [0.1, 0.15) is 75.6 Å². The summed E-state index contributed by atoms with van der Waals surface area (Å²) in [6.07, 6.45) is 16.0. The average molecular weight is 446 g/mol. The molecule has 3 saturated carbocycles. The summed E-state index contributed by atoms with van der Waals surface area (Å²) < 4.78 is 0. The number of hydrogen-bond acceptors (Lipinski definition) is 5. The van der Waals surface area contributed by atoms with E-state index in [9.17, 15) is 0 Å². The third kappa shape index (κ3) is 4.61. The summed E-state index contributed by atoms with van der Waals surface area (Å²) in [5.41, 5.74) is 20.3. The molecule has 5 heteroatoms. The first-order valence-corrected chi connectivity index (χ1v) is 12.8. The Hall–Kier alpha value is -2.53. The first-order valence-electron chi connectivity index (χ1n) is 12.8. The molecule has 4 fully saturated rings. The van der Waals surface area contributed by atoms with Gasteiger partial charge in [0.05, 0.1) is 22.8 Å². The number of rotatable bonds is 7. The topological polar surface area (TPSA) is 80.2 Å². The van der Waals surface area contributed by atoms with Crippen LogP contribution in [0, 0.1) is 11.8 Å². The van der Waals surface area contributed by atoms with Crippen LogP contribution in [0.4, 0.5) is 5.69 Å². The predicted molar refractivity (Wildman–Crippen MR) is 137 cm³/mol. The minimum atomic E-state index is 0.210. The second-order valence-corrected chi connectivity index (χ2v) is 10.4. The lowest BCUT2D eigenvalue weighted by atomic mass is 9.86. The Labute approximate surface area is 198 Å². The molecule has 5 nitrogen and oxygen atoms in total. The van der Waals surface area contributed by atoms with Crippen LogP contribution in [0.3, 0.4) is 0 Å². The standard InChI is InChI=1S/C28H39N5/c1-3-6-26(33-14-5-7-21(29)17-33)24(4-2)31-27(19-10-11-19)28-23(30)12-13-25(32-28)22-16-18-8-9-20(22)15-18/h3-4,6,12-13,18,20-22,31H,2,5,7-11,14-17,29-30H2,1H3/b6-3-,26-24-/t18?,20?,21-,22?/m0/s1. The minimum Gasteiger partial charge on any atom is -0.397 e. The van der Waals surface area contributed by atoms with Crippen LogP contribution < -0.4 is 16.8 Å². The van der Waals surface area contributed by atoms with Crippen LogP contribution in [-0.2, 0) is 0 Å². The van der Waals surface area contributed by atoms with Crippen molar-refractivity contribution in [1.82, 2.24) is 15.2 Å². The highest BCUT2D eigenvalue weighted by Gasteiger charge is 2.41. The van der Waals surface area contributed by atoms with Crippen molar-refractivity contribution < 1.29 is 0 Å². The summed E-state index contributed by atoms with van der Waals surface area (Å²) in [5.74, 6) is 2.30. The SMILES string of the molecule is C=C/C(NC(=C1CC1)c1nc(C2CC3CCC2C3)ccc1N)=C(\C=C/C)N1CCC[C@H](N)C1. The van der Waals surface area contributed by atoms with Gasteiger partial charge in [-0.25, -0.2) is 4.98 Å². The Kier molecular flexibility index (Phi) is 6.33. The molecule has 5 N–H and O–H groups in total. The maximum atomic E-state index is 6.52. The number of aromatic nitrogens is 1. The highest BCUT2D eigenvalue weighted by atomic mass is 15.2. The predicted octanol–water partition coefficient (Wildman–Crippen LogP) is 5.06. The summed E-state index contributed by atoms with van der Waals surface area (Å²) >= 11 is 0. The van der Waals surface area contributed by atoms with E-state index in [2.05, 4.69) is 48.0 Å². The molecule has 1 aromatic rings. The normalized spacial score (nSPS) is 29.4. The molecule has 4 aliphatic rings. The monoisotopic (exact) mass is 445 g/mol. The van der Waals surface area contributed by atoms with Crippen molar-refractivity contribution in [2.75, 3.05) is 18.8 Å². The molecule has 4 atom stereocenters. The van der Waals surface area contributed by atoms with Gasteiger partial charge < -0.3 is 21.7 Å². The van der Waals surface area contributed by atoms with Crippen molar-refractivity contribution >= 4 is 11.4 Å². The van der Waals surface area contributed by atoms with Crippen LogP contribution in [0.25, 0.3) is 5.70 Å². The van der Waals surface area contributed by atoms with E-state index < -0.39 is 0 Å². The molecular weight excluding hydrogens is 406 g/mol. The van der Waals surface area contributed by atoms with Gasteiger partial charge in [-0.15, -0.1) is 0 Å². The maximum absolute atomic E-state index is 6.52. The van der Waals surface area contributed by atoms with Crippen LogP contribution >= 0.6 is 0 Å². The number of likely N-dealkylation sites (tertiary alicyclic amines) is 1. The third-order valence-corrected chi connectivity index (χ3v) is 8.02. The first-order chi connectivity index (χ1) is 16.1. The van der Waals surface area contributed by atoms with Crippen molar-refractivity contribution in [1.29, 1.82) is 0 Å². The molecule has 2 heterocycles. The zero-order valence-electron chi connectivity index (χ0n) is 20.0. The minimum absolute atomic E-state index is 0.210. The Morgan fingerprint density at radius 2 is 2.06 bits per heavy atom. The van der Waals surface area contributed by atoms with E-state index in [4.69, 9.17) is 16.5 Å². The molecule has 1 saturated heterocycles. The molecule has 5 rings (SSSR count). The Balaban J connectivity index is 1.48. The van der Waals surface area contributed by atoms with Crippen LogP contribution in [0.2, 0.25) is 0 Å². The number of fused-ring (bicyclic) bond motifs is 2. The van der Waals surface area contributed by atoms with E-state index in [1.165, 1.54) is 37.0 Å². The fraction of sp³-hybridized carbons (Fsp3) is 0.536. The summed E-state index contributed by atoms with van der Waals surface area (Å²) in [6, 6.07) is 4.45. The van der Waals surface area contributed by atoms with E-state index in [0.717, 1.165) is 79.1 Å². The number of nitrogen functional groups attached to an aromatic ring is 1. The van der Waals surface area contributed by atoms with Gasteiger partial charge in [0.25, 0.3) is 0 Å². The van der Waals surface area contributed by atoms with E-state index >= 15 is 0 Å². The van der Waals surface area contributed by atoms with Gasteiger partial charge in [-0.05, 0) is 93.6 Å². The van der Waals surface area contributed by atoms with E-state index in [-0.39, 0.29) is 6.04 Å². The molecule has 1 aliphatic heterocycles. The van der Waals surface area contributed by atoms with Gasteiger partial charge in [0.1, 0.15) is 5.69 Å². The number of nitrogens with one attached hydrogen (secondary N) is 1. The number of nitrogens with two attached hydrogens (primary N) is 2. The molecule has 0 spiro atoms. The number of hydrogen-bond donors (Lipinski definition) is 3. The van der Waals surface area contributed by atoms with E-state index in [1.54, 1.807) is 0 Å². The fourth-order valence-corrected chi connectivity index (χ4v) is 6.23. The van der Waals surface area contributed by atoms with Crippen molar-refractivity contribution in [3.63, 3.8) is 0 Å². The molecule has 0 aromatic carbocycles. The zero-order valence-corrected chi connectivity index (χ0v) is 20.0. The number of anilines is 1.